The molecule has 0 spiro atoms. The number of rotatable bonds is 6. The fourth-order valence-corrected chi connectivity index (χ4v) is 4.83. The zero-order valence-electron chi connectivity index (χ0n) is 15.2. The van der Waals surface area contributed by atoms with Gasteiger partial charge in [-0.2, -0.15) is 0 Å². The lowest BCUT2D eigenvalue weighted by Crippen LogP contribution is -2.43. The Morgan fingerprint density at radius 2 is 1.96 bits per heavy atom. The van der Waals surface area contributed by atoms with Crippen LogP contribution in [0.25, 0.3) is 0 Å². The molecule has 6 nitrogen and oxygen atoms in total. The summed E-state index contributed by atoms with van der Waals surface area (Å²) in [4.78, 5) is 36.0. The number of ether oxygens (including phenoxy) is 3. The predicted molar refractivity (Wildman–Crippen MR) is 88.2 cm³/mol. The molecule has 1 heterocycles. The van der Waals surface area contributed by atoms with Gasteiger partial charge in [0, 0.05) is 24.3 Å². The molecule has 0 radical (unpaired) electrons. The van der Waals surface area contributed by atoms with E-state index in [4.69, 9.17) is 14.2 Å². The highest BCUT2D eigenvalue weighted by molar-refractivity contribution is 5.82. The number of fused-ring (bicyclic) bond motifs is 1. The first-order valence-electron chi connectivity index (χ1n) is 8.81. The molecule has 0 amide bonds. The second kappa shape index (κ2) is 5.85. The van der Waals surface area contributed by atoms with Crippen molar-refractivity contribution in [2.75, 3.05) is 0 Å². The number of carbonyl (C=O) groups is 3. The fraction of sp³-hybridized carbons (Fsp3) is 0.737. The van der Waals surface area contributed by atoms with Crippen molar-refractivity contribution in [1.82, 2.24) is 0 Å². The lowest BCUT2D eigenvalue weighted by molar-refractivity contribution is -0.175. The number of carbonyl (C=O) groups excluding carboxylic acids is 3. The van der Waals surface area contributed by atoms with Crippen molar-refractivity contribution in [2.45, 2.75) is 64.8 Å². The van der Waals surface area contributed by atoms with Gasteiger partial charge < -0.3 is 14.2 Å². The van der Waals surface area contributed by atoms with Crippen LogP contribution in [0.5, 0.6) is 0 Å². The van der Waals surface area contributed by atoms with E-state index in [-0.39, 0.29) is 41.9 Å². The topological polar surface area (TPSA) is 78.9 Å². The van der Waals surface area contributed by atoms with Gasteiger partial charge in [0.25, 0.3) is 0 Å². The largest absolute Gasteiger partial charge is 0.458 e. The van der Waals surface area contributed by atoms with Crippen molar-refractivity contribution in [2.24, 2.45) is 23.2 Å². The lowest BCUT2D eigenvalue weighted by atomic mass is 9.81. The van der Waals surface area contributed by atoms with E-state index in [1.54, 1.807) is 27.7 Å². The van der Waals surface area contributed by atoms with E-state index in [0.717, 1.165) is 18.9 Å². The summed E-state index contributed by atoms with van der Waals surface area (Å²) in [5.41, 5.74) is -1.66. The Hall–Kier alpha value is -1.85. The van der Waals surface area contributed by atoms with Crippen LogP contribution in [-0.2, 0) is 28.6 Å². The molecule has 2 bridgehead atoms. The maximum absolute atomic E-state index is 12.8. The van der Waals surface area contributed by atoms with Crippen LogP contribution >= 0.6 is 0 Å². The van der Waals surface area contributed by atoms with Crippen molar-refractivity contribution < 1.29 is 28.6 Å². The van der Waals surface area contributed by atoms with Crippen LogP contribution < -0.4 is 0 Å². The van der Waals surface area contributed by atoms with Crippen LogP contribution in [0.3, 0.4) is 0 Å². The highest BCUT2D eigenvalue weighted by atomic mass is 16.6. The van der Waals surface area contributed by atoms with Crippen LogP contribution in [0, 0.1) is 23.2 Å². The number of hydrogen-bond acceptors (Lipinski definition) is 6. The Bertz CT molecular complexity index is 619. The summed E-state index contributed by atoms with van der Waals surface area (Å²) in [5, 5.41) is 0. The molecule has 0 aromatic heterocycles. The first kappa shape index (κ1) is 18.0. The second-order valence-electron chi connectivity index (χ2n) is 8.72. The van der Waals surface area contributed by atoms with Gasteiger partial charge in [-0.15, -0.1) is 0 Å². The van der Waals surface area contributed by atoms with Crippen molar-refractivity contribution in [3.8, 4) is 0 Å². The lowest BCUT2D eigenvalue weighted by Gasteiger charge is -2.35. The minimum Gasteiger partial charge on any atom is -0.458 e. The predicted octanol–water partition coefficient (Wildman–Crippen LogP) is 2.40. The third-order valence-corrected chi connectivity index (χ3v) is 5.62. The van der Waals surface area contributed by atoms with Gasteiger partial charge >= 0.3 is 17.9 Å². The molecular weight excluding hydrogens is 324 g/mol. The van der Waals surface area contributed by atoms with Crippen molar-refractivity contribution in [3.63, 3.8) is 0 Å². The van der Waals surface area contributed by atoms with Crippen LogP contribution in [-0.4, -0.2) is 35.7 Å². The molecule has 3 fully saturated rings. The second-order valence-corrected chi connectivity index (χ2v) is 8.72. The summed E-state index contributed by atoms with van der Waals surface area (Å²) >= 11 is 0. The molecule has 6 heteroatoms. The molecule has 5 unspecified atom stereocenters. The Balaban J connectivity index is 1.63. The van der Waals surface area contributed by atoms with E-state index in [0.29, 0.717) is 6.42 Å². The molecule has 1 saturated heterocycles. The molecule has 3 aliphatic rings. The third-order valence-electron chi connectivity index (χ3n) is 5.62. The molecule has 3 rings (SSSR count). The Labute approximate surface area is 147 Å². The van der Waals surface area contributed by atoms with E-state index in [2.05, 4.69) is 6.58 Å². The summed E-state index contributed by atoms with van der Waals surface area (Å²) in [6.45, 7) is 10.4. The first-order chi connectivity index (χ1) is 11.5. The summed E-state index contributed by atoms with van der Waals surface area (Å²) in [5.74, 6) is -0.623. The Kier molecular flexibility index (Phi) is 4.20. The maximum atomic E-state index is 12.8. The van der Waals surface area contributed by atoms with Gasteiger partial charge in [0.15, 0.2) is 0 Å². The first-order valence-corrected chi connectivity index (χ1v) is 8.81. The summed E-state index contributed by atoms with van der Waals surface area (Å²) < 4.78 is 16.5. The number of hydrogen-bond donors (Lipinski definition) is 0. The Morgan fingerprint density at radius 1 is 1.28 bits per heavy atom. The van der Waals surface area contributed by atoms with Gasteiger partial charge in [0.05, 0.1) is 11.3 Å². The third kappa shape index (κ3) is 3.18. The minimum absolute atomic E-state index is 0.00443. The van der Waals surface area contributed by atoms with Gasteiger partial charge in [0.1, 0.15) is 17.8 Å². The number of esters is 3. The molecule has 0 aromatic carbocycles. The Morgan fingerprint density at radius 3 is 2.60 bits per heavy atom. The van der Waals surface area contributed by atoms with Gasteiger partial charge in [0.2, 0.25) is 0 Å². The highest BCUT2D eigenvalue weighted by Crippen LogP contribution is 2.55. The van der Waals surface area contributed by atoms with E-state index in [1.807, 2.05) is 0 Å². The smallest absolute Gasteiger partial charge is 0.330 e. The highest BCUT2D eigenvalue weighted by Gasteiger charge is 2.63. The molecule has 2 saturated carbocycles. The van der Waals surface area contributed by atoms with E-state index in [1.165, 1.54) is 0 Å². The maximum Gasteiger partial charge on any atom is 0.330 e. The zero-order chi connectivity index (χ0) is 18.6. The SMILES string of the molecule is C=CC(=O)OC(C)(C)CC(C)(C)C(=O)OC1C2CC3C(=O)OC1C3C2. The molecular formula is C19H26O6. The van der Waals surface area contributed by atoms with Crippen molar-refractivity contribution >= 4 is 17.9 Å². The summed E-state index contributed by atoms with van der Waals surface area (Å²) in [7, 11) is 0. The van der Waals surface area contributed by atoms with Crippen LogP contribution in [0.15, 0.2) is 12.7 Å². The fourth-order valence-electron chi connectivity index (χ4n) is 4.83. The molecule has 138 valence electrons. The van der Waals surface area contributed by atoms with E-state index < -0.39 is 17.0 Å². The van der Waals surface area contributed by atoms with E-state index in [9.17, 15) is 14.4 Å². The van der Waals surface area contributed by atoms with Crippen LogP contribution in [0.1, 0.15) is 47.0 Å². The van der Waals surface area contributed by atoms with Gasteiger partial charge in [-0.05, 0) is 40.5 Å². The monoisotopic (exact) mass is 350 g/mol. The average molecular weight is 350 g/mol. The quantitative estimate of drug-likeness (QED) is 0.416. The minimum atomic E-state index is -0.838. The molecule has 0 aromatic rings. The van der Waals surface area contributed by atoms with Crippen LogP contribution in [0.4, 0.5) is 0 Å². The summed E-state index contributed by atoms with van der Waals surface area (Å²) in [6, 6.07) is 0. The van der Waals surface area contributed by atoms with Gasteiger partial charge in [-0.25, -0.2) is 4.79 Å². The van der Waals surface area contributed by atoms with Gasteiger partial charge in [-0.1, -0.05) is 6.58 Å². The van der Waals surface area contributed by atoms with Gasteiger partial charge in [-0.3, -0.25) is 9.59 Å². The molecule has 0 N–H and O–H groups in total. The van der Waals surface area contributed by atoms with E-state index >= 15 is 0 Å². The zero-order valence-corrected chi connectivity index (χ0v) is 15.2. The summed E-state index contributed by atoms with van der Waals surface area (Å²) in [6.07, 6.45) is 2.42. The molecule has 1 aliphatic heterocycles. The standard InChI is InChI=1S/C19H26O6/c1-6-13(20)25-19(4,5)9-18(2,3)17(22)24-14-10-7-11-12(8-10)16(21)23-15(11)14/h6,10-12,14-15H,1,7-9H2,2-5H3. The van der Waals surface area contributed by atoms with Crippen LogP contribution in [0.2, 0.25) is 0 Å². The molecule has 5 atom stereocenters. The molecule has 25 heavy (non-hydrogen) atoms. The average Bonchev–Trinajstić information content (AvgIpc) is 3.10. The van der Waals surface area contributed by atoms with Crippen molar-refractivity contribution in [1.29, 1.82) is 0 Å². The normalized spacial score (nSPS) is 33.1. The van der Waals surface area contributed by atoms with Crippen molar-refractivity contribution in [3.05, 3.63) is 12.7 Å². The molecule has 2 aliphatic carbocycles.